The highest BCUT2D eigenvalue weighted by Crippen LogP contribution is 2.30. The van der Waals surface area contributed by atoms with Crippen molar-refractivity contribution in [3.05, 3.63) is 12.2 Å². The molecule has 0 spiro atoms. The summed E-state index contributed by atoms with van der Waals surface area (Å²) in [5.74, 6) is 1.64. The predicted molar refractivity (Wildman–Crippen MR) is 70.5 cm³/mol. The fourth-order valence-corrected chi connectivity index (χ4v) is 2.69. The first-order valence-electron chi connectivity index (χ1n) is 6.24. The third-order valence-corrected chi connectivity index (χ3v) is 3.62. The average Bonchev–Trinajstić information content (AvgIpc) is 2.86. The Morgan fingerprint density at radius 2 is 2.21 bits per heavy atom. The van der Waals surface area contributed by atoms with Crippen molar-refractivity contribution in [1.82, 2.24) is 19.5 Å². The van der Waals surface area contributed by atoms with E-state index in [2.05, 4.69) is 19.5 Å². The molecule has 0 bridgehead atoms. The Labute approximate surface area is 115 Å². The minimum Gasteiger partial charge on any atom is -0.479 e. The van der Waals surface area contributed by atoms with E-state index in [0.29, 0.717) is 23.3 Å². The number of aromatic nitrogens is 4. The maximum absolute atomic E-state index is 6.01. The number of alkyl halides is 1. The number of methoxy groups -OCH3 is 1. The Balaban J connectivity index is 2.15. The number of ether oxygens (including phenoxy) is 2. The molecule has 0 aromatic carbocycles. The molecule has 0 saturated carbocycles. The maximum Gasteiger partial charge on any atom is 0.245 e. The second-order valence-corrected chi connectivity index (χ2v) is 4.70. The van der Waals surface area contributed by atoms with Crippen LogP contribution in [0.2, 0.25) is 0 Å². The van der Waals surface area contributed by atoms with Crippen molar-refractivity contribution in [2.75, 3.05) is 20.3 Å². The van der Waals surface area contributed by atoms with Gasteiger partial charge in [0, 0.05) is 19.3 Å². The molecule has 0 N–H and O–H groups in total. The molecule has 3 rings (SSSR count). The SMILES string of the molecule is COc1ncnc2c1nc(CCl)n2C1CCOCC1. The third-order valence-electron chi connectivity index (χ3n) is 3.39. The number of rotatable bonds is 3. The third kappa shape index (κ3) is 2.15. The van der Waals surface area contributed by atoms with Gasteiger partial charge in [-0.3, -0.25) is 0 Å². The summed E-state index contributed by atoms with van der Waals surface area (Å²) in [6.07, 6.45) is 3.39. The van der Waals surface area contributed by atoms with E-state index in [1.54, 1.807) is 7.11 Å². The number of hydrogen-bond acceptors (Lipinski definition) is 5. The van der Waals surface area contributed by atoms with Gasteiger partial charge in [0.1, 0.15) is 12.2 Å². The topological polar surface area (TPSA) is 62.1 Å². The highest BCUT2D eigenvalue weighted by Gasteiger charge is 2.23. The fraction of sp³-hybridized carbons (Fsp3) is 0.583. The molecule has 6 nitrogen and oxygen atoms in total. The van der Waals surface area contributed by atoms with Crippen LogP contribution in [-0.4, -0.2) is 39.8 Å². The summed E-state index contributed by atoms with van der Waals surface area (Å²) >= 11 is 6.01. The highest BCUT2D eigenvalue weighted by atomic mass is 35.5. The molecule has 0 radical (unpaired) electrons. The molecule has 0 unspecified atom stereocenters. The number of nitrogens with zero attached hydrogens (tertiary/aromatic N) is 4. The molecule has 3 heterocycles. The number of fused-ring (bicyclic) bond motifs is 1. The number of imidazole rings is 1. The summed E-state index contributed by atoms with van der Waals surface area (Å²) < 4.78 is 12.7. The van der Waals surface area contributed by atoms with Gasteiger partial charge >= 0.3 is 0 Å². The van der Waals surface area contributed by atoms with Crippen molar-refractivity contribution in [2.24, 2.45) is 0 Å². The van der Waals surface area contributed by atoms with Crippen molar-refractivity contribution in [1.29, 1.82) is 0 Å². The summed E-state index contributed by atoms with van der Waals surface area (Å²) in [6, 6.07) is 0.326. The molecular weight excluding hydrogens is 268 g/mol. The molecule has 7 heteroatoms. The van der Waals surface area contributed by atoms with E-state index in [1.165, 1.54) is 6.33 Å². The zero-order chi connectivity index (χ0) is 13.2. The first-order valence-corrected chi connectivity index (χ1v) is 6.78. The van der Waals surface area contributed by atoms with Crippen molar-refractivity contribution >= 4 is 22.8 Å². The van der Waals surface area contributed by atoms with E-state index in [-0.39, 0.29) is 0 Å². The molecule has 1 saturated heterocycles. The van der Waals surface area contributed by atoms with Crippen molar-refractivity contribution in [2.45, 2.75) is 24.8 Å². The Kier molecular flexibility index (Phi) is 3.52. The van der Waals surface area contributed by atoms with Gasteiger partial charge in [0.05, 0.1) is 13.0 Å². The highest BCUT2D eigenvalue weighted by molar-refractivity contribution is 6.16. The van der Waals surface area contributed by atoms with E-state index < -0.39 is 0 Å². The van der Waals surface area contributed by atoms with Crippen LogP contribution < -0.4 is 4.74 Å². The van der Waals surface area contributed by atoms with E-state index in [4.69, 9.17) is 21.1 Å². The Morgan fingerprint density at radius 1 is 1.42 bits per heavy atom. The van der Waals surface area contributed by atoms with Gasteiger partial charge < -0.3 is 14.0 Å². The fourth-order valence-electron chi connectivity index (χ4n) is 2.50. The molecule has 19 heavy (non-hydrogen) atoms. The minimum atomic E-state index is 0.326. The minimum absolute atomic E-state index is 0.326. The lowest BCUT2D eigenvalue weighted by Gasteiger charge is -2.24. The summed E-state index contributed by atoms with van der Waals surface area (Å²) in [5, 5.41) is 0. The van der Waals surface area contributed by atoms with Crippen LogP contribution >= 0.6 is 11.6 Å². The zero-order valence-electron chi connectivity index (χ0n) is 10.7. The van der Waals surface area contributed by atoms with Crippen LogP contribution in [-0.2, 0) is 10.6 Å². The maximum atomic E-state index is 6.01. The largest absolute Gasteiger partial charge is 0.479 e. The normalized spacial score (nSPS) is 16.9. The molecule has 1 aliphatic rings. The van der Waals surface area contributed by atoms with Gasteiger partial charge in [-0.2, -0.15) is 4.98 Å². The average molecular weight is 283 g/mol. The van der Waals surface area contributed by atoms with Crippen molar-refractivity contribution in [3.63, 3.8) is 0 Å². The Bertz CT molecular complexity index is 580. The predicted octanol–water partition coefficient (Wildman–Crippen LogP) is 1.93. The van der Waals surface area contributed by atoms with Crippen LogP contribution in [0, 0.1) is 0 Å². The van der Waals surface area contributed by atoms with E-state index in [1.807, 2.05) is 0 Å². The van der Waals surface area contributed by atoms with Gasteiger partial charge in [0.15, 0.2) is 11.2 Å². The number of halogens is 1. The van der Waals surface area contributed by atoms with E-state index in [9.17, 15) is 0 Å². The quantitative estimate of drug-likeness (QED) is 0.805. The molecular formula is C12H15ClN4O2. The van der Waals surface area contributed by atoms with Crippen LogP contribution in [0.15, 0.2) is 6.33 Å². The smallest absolute Gasteiger partial charge is 0.245 e. The Morgan fingerprint density at radius 3 is 2.89 bits per heavy atom. The van der Waals surface area contributed by atoms with Gasteiger partial charge in [-0.15, -0.1) is 11.6 Å². The summed E-state index contributed by atoms with van der Waals surface area (Å²) in [6.45, 7) is 1.52. The van der Waals surface area contributed by atoms with Crippen molar-refractivity contribution in [3.8, 4) is 5.88 Å². The van der Waals surface area contributed by atoms with Crippen LogP contribution in [0.3, 0.4) is 0 Å². The lowest BCUT2D eigenvalue weighted by Crippen LogP contribution is -2.21. The van der Waals surface area contributed by atoms with Crippen molar-refractivity contribution < 1.29 is 9.47 Å². The molecule has 0 atom stereocenters. The second kappa shape index (κ2) is 5.30. The molecule has 0 amide bonds. The lowest BCUT2D eigenvalue weighted by molar-refractivity contribution is 0.0699. The second-order valence-electron chi connectivity index (χ2n) is 4.43. The molecule has 2 aromatic rings. The van der Waals surface area contributed by atoms with Gasteiger partial charge in [0.2, 0.25) is 5.88 Å². The van der Waals surface area contributed by atoms with E-state index >= 15 is 0 Å². The molecule has 1 aliphatic heterocycles. The van der Waals surface area contributed by atoms with Crippen LogP contribution in [0.4, 0.5) is 0 Å². The first-order chi connectivity index (χ1) is 9.35. The molecule has 0 aliphatic carbocycles. The molecule has 1 fully saturated rings. The van der Waals surface area contributed by atoms with Crippen LogP contribution in [0.5, 0.6) is 5.88 Å². The van der Waals surface area contributed by atoms with Gasteiger partial charge in [-0.25, -0.2) is 9.97 Å². The first kappa shape index (κ1) is 12.6. The van der Waals surface area contributed by atoms with E-state index in [0.717, 1.165) is 37.5 Å². The Hall–Kier alpha value is -1.40. The number of hydrogen-bond donors (Lipinski definition) is 0. The van der Waals surface area contributed by atoms with Gasteiger partial charge in [0.25, 0.3) is 0 Å². The summed E-state index contributed by atoms with van der Waals surface area (Å²) in [5.41, 5.74) is 1.46. The van der Waals surface area contributed by atoms with Gasteiger partial charge in [-0.05, 0) is 12.8 Å². The zero-order valence-corrected chi connectivity index (χ0v) is 11.4. The van der Waals surface area contributed by atoms with Gasteiger partial charge in [-0.1, -0.05) is 0 Å². The molecule has 2 aromatic heterocycles. The molecule has 102 valence electrons. The summed E-state index contributed by atoms with van der Waals surface area (Å²) in [4.78, 5) is 12.9. The van der Waals surface area contributed by atoms with Crippen LogP contribution in [0.1, 0.15) is 24.7 Å². The summed E-state index contributed by atoms with van der Waals surface area (Å²) in [7, 11) is 1.58. The standard InChI is InChI=1S/C12H15ClN4O2/c1-18-12-10-11(14-7-15-12)17(9(6-13)16-10)8-2-4-19-5-3-8/h7-8H,2-6H2,1H3. The van der Waals surface area contributed by atoms with Crippen LogP contribution in [0.25, 0.3) is 11.2 Å². The monoisotopic (exact) mass is 282 g/mol. The lowest BCUT2D eigenvalue weighted by atomic mass is 10.1.